The highest BCUT2D eigenvalue weighted by molar-refractivity contribution is 5.90. The highest BCUT2D eigenvalue weighted by Crippen LogP contribution is 2.46. The third-order valence-corrected chi connectivity index (χ3v) is 8.62. The summed E-state index contributed by atoms with van der Waals surface area (Å²) in [5.41, 5.74) is -1.43. The lowest BCUT2D eigenvalue weighted by molar-refractivity contribution is -0.138. The van der Waals surface area contributed by atoms with E-state index < -0.39 is 60.7 Å². The van der Waals surface area contributed by atoms with E-state index in [4.69, 9.17) is 14.6 Å². The van der Waals surface area contributed by atoms with E-state index in [1.54, 1.807) is 36.2 Å². The summed E-state index contributed by atoms with van der Waals surface area (Å²) in [6.45, 7) is 3.18. The van der Waals surface area contributed by atoms with Crippen LogP contribution < -0.4 is 14.7 Å². The molecule has 1 saturated heterocycles. The second kappa shape index (κ2) is 14.8. The predicted molar refractivity (Wildman–Crippen MR) is 169 cm³/mol. The number of alkyl halides is 6. The molecule has 10 nitrogen and oxygen atoms in total. The molecular formula is C34H33F6N5O5. The first kappa shape index (κ1) is 36.2. The second-order valence-corrected chi connectivity index (χ2v) is 11.8. The number of nitriles is 1. The summed E-state index contributed by atoms with van der Waals surface area (Å²) in [4.78, 5) is 33.8. The molecule has 2 aliphatic heterocycles. The number of rotatable bonds is 9. The van der Waals surface area contributed by atoms with Crippen LogP contribution in [0.2, 0.25) is 0 Å². The Bertz CT molecular complexity index is 1740. The summed E-state index contributed by atoms with van der Waals surface area (Å²) in [5, 5.41) is 18.5. The maximum Gasteiger partial charge on any atom is 0.416 e. The van der Waals surface area contributed by atoms with Crippen LogP contribution in [0, 0.1) is 11.3 Å². The quantitative estimate of drug-likeness (QED) is 0.231. The molecule has 0 radical (unpaired) electrons. The van der Waals surface area contributed by atoms with Gasteiger partial charge in [0.25, 0.3) is 0 Å². The summed E-state index contributed by atoms with van der Waals surface area (Å²) in [5.74, 6) is -0.977. The van der Waals surface area contributed by atoms with Crippen LogP contribution in [0.15, 0.2) is 54.7 Å². The Hall–Kier alpha value is -5.04. The molecule has 3 heterocycles. The number of morpholine rings is 1. The molecule has 0 saturated carbocycles. The topological polar surface area (TPSA) is 119 Å². The molecule has 1 N–H and O–H groups in total. The Balaban J connectivity index is 1.65. The minimum absolute atomic E-state index is 0.00973. The zero-order chi connectivity index (χ0) is 36.2. The van der Waals surface area contributed by atoms with Crippen molar-refractivity contribution < 1.29 is 50.5 Å². The summed E-state index contributed by atoms with van der Waals surface area (Å²) in [6.07, 6.45) is -9.12. The summed E-state index contributed by atoms with van der Waals surface area (Å²) in [7, 11) is 0. The van der Waals surface area contributed by atoms with Gasteiger partial charge in [0, 0.05) is 25.7 Å². The van der Waals surface area contributed by atoms with E-state index >= 15 is 0 Å². The molecular weight excluding hydrogens is 672 g/mol. The summed E-state index contributed by atoms with van der Waals surface area (Å²) < 4.78 is 94.6. The number of aromatic nitrogens is 1. The number of anilines is 3. The molecule has 50 heavy (non-hydrogen) atoms. The highest BCUT2D eigenvalue weighted by Gasteiger charge is 2.42. The van der Waals surface area contributed by atoms with E-state index in [1.807, 2.05) is 4.90 Å². The van der Waals surface area contributed by atoms with E-state index in [0.717, 1.165) is 36.0 Å². The van der Waals surface area contributed by atoms with Crippen molar-refractivity contribution in [3.63, 3.8) is 0 Å². The fourth-order valence-electron chi connectivity index (χ4n) is 6.21. The van der Waals surface area contributed by atoms with Crippen LogP contribution >= 0.6 is 0 Å². The van der Waals surface area contributed by atoms with Crippen molar-refractivity contribution in [2.45, 2.75) is 57.2 Å². The number of halogens is 6. The first-order chi connectivity index (χ1) is 23.7. The molecule has 2 aliphatic rings. The number of carboxylic acids is 1. The Morgan fingerprint density at radius 3 is 2.36 bits per heavy atom. The maximum atomic E-state index is 14.1. The average Bonchev–Trinajstić information content (AvgIpc) is 3.09. The largest absolute Gasteiger partial charge is 0.481 e. The Kier molecular flexibility index (Phi) is 10.8. The SMILES string of the molecule is CC[C@@H]1C[C@H](N(Cc2cc(C#N)cc(C(F)(F)F)c2)c2ccc(N3CCOCC3)cn2)c2cc(C(F)(F)F)ccc2N1C(=O)OCCC(=O)O. The third-order valence-electron chi connectivity index (χ3n) is 8.62. The van der Waals surface area contributed by atoms with Crippen LogP contribution in [0.5, 0.6) is 0 Å². The van der Waals surface area contributed by atoms with Crippen molar-refractivity contribution in [3.05, 3.63) is 82.5 Å². The van der Waals surface area contributed by atoms with Gasteiger partial charge in [0.15, 0.2) is 0 Å². The van der Waals surface area contributed by atoms with E-state index in [-0.39, 0.29) is 41.2 Å². The van der Waals surface area contributed by atoms with Gasteiger partial charge >= 0.3 is 24.4 Å². The molecule has 1 aromatic heterocycles. The van der Waals surface area contributed by atoms with E-state index in [0.29, 0.717) is 32.7 Å². The van der Waals surface area contributed by atoms with Gasteiger partial charge in [-0.2, -0.15) is 31.6 Å². The zero-order valence-electron chi connectivity index (χ0n) is 26.8. The number of amides is 1. The van der Waals surface area contributed by atoms with Crippen LogP contribution in [0.25, 0.3) is 0 Å². The number of nitrogens with zero attached hydrogens (tertiary/aromatic N) is 5. The first-order valence-corrected chi connectivity index (χ1v) is 15.7. The van der Waals surface area contributed by atoms with E-state index in [2.05, 4.69) is 4.98 Å². The van der Waals surface area contributed by atoms with Gasteiger partial charge in [-0.1, -0.05) is 6.92 Å². The lowest BCUT2D eigenvalue weighted by atomic mass is 9.87. The van der Waals surface area contributed by atoms with Crippen molar-refractivity contribution >= 4 is 29.3 Å². The molecule has 2 aromatic carbocycles. The van der Waals surface area contributed by atoms with Gasteiger partial charge in [-0.05, 0) is 72.5 Å². The summed E-state index contributed by atoms with van der Waals surface area (Å²) in [6, 6.07) is 9.23. The lowest BCUT2D eigenvalue weighted by Gasteiger charge is -2.44. The fraction of sp³-hybridized carbons (Fsp3) is 0.412. The number of hydrogen-bond acceptors (Lipinski definition) is 8. The van der Waals surface area contributed by atoms with Crippen LogP contribution in [-0.4, -0.2) is 61.1 Å². The number of pyridine rings is 1. The molecule has 1 fully saturated rings. The molecule has 16 heteroatoms. The van der Waals surface area contributed by atoms with Crippen molar-refractivity contribution in [2.24, 2.45) is 0 Å². The molecule has 5 rings (SSSR count). The van der Waals surface area contributed by atoms with Crippen molar-refractivity contribution in [1.29, 1.82) is 5.26 Å². The van der Waals surface area contributed by atoms with Crippen LogP contribution in [0.3, 0.4) is 0 Å². The van der Waals surface area contributed by atoms with Gasteiger partial charge in [-0.3, -0.25) is 9.69 Å². The highest BCUT2D eigenvalue weighted by atomic mass is 19.4. The first-order valence-electron chi connectivity index (χ1n) is 15.7. The van der Waals surface area contributed by atoms with E-state index in [9.17, 15) is 41.2 Å². The van der Waals surface area contributed by atoms with Gasteiger partial charge in [0.2, 0.25) is 0 Å². The number of fused-ring (bicyclic) bond motifs is 1. The number of aliphatic carboxylic acids is 1. The van der Waals surface area contributed by atoms with Crippen molar-refractivity contribution in [2.75, 3.05) is 47.6 Å². The smallest absolute Gasteiger partial charge is 0.416 e. The molecule has 0 unspecified atom stereocenters. The monoisotopic (exact) mass is 705 g/mol. The summed E-state index contributed by atoms with van der Waals surface area (Å²) >= 11 is 0. The molecule has 0 bridgehead atoms. The Morgan fingerprint density at radius 1 is 1.04 bits per heavy atom. The minimum atomic E-state index is -4.78. The van der Waals surface area contributed by atoms with Gasteiger partial charge in [-0.25, -0.2) is 9.78 Å². The number of carboxylic acid groups (broad SMARTS) is 1. The standard InChI is InChI=1S/C34H33F6N5O5/c1-2-25-17-29(27-16-23(33(35,36)37)3-5-28(27)45(25)32(48)50-10-7-31(46)47)44(20-22-13-21(18-41)14-24(15-22)34(38,39)40)30-6-4-26(19-42-30)43-8-11-49-12-9-43/h3-6,13-16,19,25,29H,2,7-12,17,20H2,1H3,(H,46,47)/t25-,29+/m1/s1. The van der Waals surface area contributed by atoms with E-state index in [1.165, 1.54) is 11.0 Å². The van der Waals surface area contributed by atoms with Crippen LogP contribution in [0.4, 0.5) is 48.3 Å². The molecule has 3 aromatic rings. The third kappa shape index (κ3) is 8.21. The van der Waals surface area contributed by atoms with Crippen molar-refractivity contribution in [1.82, 2.24) is 4.98 Å². The van der Waals surface area contributed by atoms with Gasteiger partial charge in [0.1, 0.15) is 12.4 Å². The lowest BCUT2D eigenvalue weighted by Crippen LogP contribution is -2.48. The van der Waals surface area contributed by atoms with Crippen molar-refractivity contribution in [3.8, 4) is 6.07 Å². The van der Waals surface area contributed by atoms with Crippen LogP contribution in [-0.2, 0) is 33.2 Å². The second-order valence-electron chi connectivity index (χ2n) is 11.8. The number of carbonyl (C=O) groups is 2. The number of carbonyl (C=O) groups excluding carboxylic acids is 1. The number of ether oxygens (including phenoxy) is 2. The molecule has 0 aliphatic carbocycles. The predicted octanol–water partition coefficient (Wildman–Crippen LogP) is 7.18. The Labute approximate surface area is 283 Å². The van der Waals surface area contributed by atoms with Gasteiger partial charge in [-0.15, -0.1) is 0 Å². The Morgan fingerprint density at radius 2 is 1.76 bits per heavy atom. The molecule has 2 atom stereocenters. The van der Waals surface area contributed by atoms with Gasteiger partial charge in [0.05, 0.1) is 66.0 Å². The maximum absolute atomic E-state index is 14.1. The molecule has 1 amide bonds. The molecule has 0 spiro atoms. The normalized spacial score (nSPS) is 17.9. The number of hydrogen-bond donors (Lipinski definition) is 1. The minimum Gasteiger partial charge on any atom is -0.481 e. The van der Waals surface area contributed by atoms with Gasteiger partial charge < -0.3 is 24.4 Å². The zero-order valence-corrected chi connectivity index (χ0v) is 26.8. The number of benzene rings is 2. The van der Waals surface area contributed by atoms with Crippen LogP contribution in [0.1, 0.15) is 60.0 Å². The average molecular weight is 706 g/mol. The fourth-order valence-corrected chi connectivity index (χ4v) is 6.21. The molecule has 266 valence electrons.